The Hall–Kier alpha value is -4.06. The molecule has 0 atom stereocenters. The lowest BCUT2D eigenvalue weighted by Gasteiger charge is -2.40. The lowest BCUT2D eigenvalue weighted by atomic mass is 10.0. The molecule has 2 aliphatic rings. The van der Waals surface area contributed by atoms with Crippen molar-refractivity contribution in [3.05, 3.63) is 72.4 Å². The van der Waals surface area contributed by atoms with Crippen molar-refractivity contribution in [1.29, 1.82) is 0 Å². The molecule has 2 N–H and O–H groups in total. The second-order valence-corrected chi connectivity index (χ2v) is 10.9. The first-order valence-electron chi connectivity index (χ1n) is 13.7. The molecule has 2 aliphatic heterocycles. The van der Waals surface area contributed by atoms with Crippen molar-refractivity contribution >= 4 is 50.5 Å². The molecule has 0 saturated carbocycles. The number of nitrogens with zero attached hydrogens (tertiary/aromatic N) is 4. The Morgan fingerprint density at radius 3 is 2.68 bits per heavy atom. The number of thiophene rings is 1. The second kappa shape index (κ2) is 12.2. The van der Waals surface area contributed by atoms with Gasteiger partial charge in [0.1, 0.15) is 16.3 Å². The largest absolute Gasteiger partial charge is 0.437 e. The normalized spacial score (nSPS) is 16.5. The molecule has 6 rings (SSSR count). The Labute approximate surface area is 241 Å². The molecule has 0 spiro atoms. The van der Waals surface area contributed by atoms with Gasteiger partial charge >= 0.3 is 0 Å². The predicted octanol–water partition coefficient (Wildman–Crippen LogP) is 5.79. The van der Waals surface area contributed by atoms with Gasteiger partial charge in [0.15, 0.2) is 0 Å². The molecule has 0 aliphatic carbocycles. The zero-order valence-electron chi connectivity index (χ0n) is 22.5. The van der Waals surface area contributed by atoms with Crippen molar-refractivity contribution in [3.8, 4) is 11.6 Å². The number of carbonyl (C=O) groups excluding carboxylic acids is 1. The summed E-state index contributed by atoms with van der Waals surface area (Å²) in [6, 6.07) is 14.6. The molecule has 2 aromatic carbocycles. The van der Waals surface area contributed by atoms with Crippen LogP contribution in [0.25, 0.3) is 10.2 Å². The maximum absolute atomic E-state index is 15.3. The molecule has 1 amide bonds. The van der Waals surface area contributed by atoms with Gasteiger partial charge in [-0.15, -0.1) is 11.3 Å². The van der Waals surface area contributed by atoms with Gasteiger partial charge in [0, 0.05) is 49.7 Å². The number of ether oxygens (including phenoxy) is 2. The van der Waals surface area contributed by atoms with Crippen LogP contribution in [0.5, 0.6) is 11.6 Å². The van der Waals surface area contributed by atoms with Gasteiger partial charge in [-0.2, -0.15) is 4.98 Å². The third-order valence-electron chi connectivity index (χ3n) is 7.35. The van der Waals surface area contributed by atoms with E-state index in [1.165, 1.54) is 23.5 Å². The average molecular weight is 575 g/mol. The van der Waals surface area contributed by atoms with E-state index < -0.39 is 0 Å². The fourth-order valence-corrected chi connectivity index (χ4v) is 6.04. The molecular weight excluding hydrogens is 543 g/mol. The fourth-order valence-electron chi connectivity index (χ4n) is 5.29. The summed E-state index contributed by atoms with van der Waals surface area (Å²) >= 11 is 1.46. The summed E-state index contributed by atoms with van der Waals surface area (Å²) in [5.41, 5.74) is 2.43. The van der Waals surface area contributed by atoms with Crippen molar-refractivity contribution in [2.45, 2.75) is 18.9 Å². The molecule has 9 nitrogen and oxygen atoms in total. The van der Waals surface area contributed by atoms with E-state index in [0.717, 1.165) is 56.9 Å². The second-order valence-electron chi connectivity index (χ2n) is 9.97. The molecule has 2 saturated heterocycles. The van der Waals surface area contributed by atoms with Crippen LogP contribution in [0.15, 0.2) is 66.6 Å². The number of hydrogen-bond donors (Lipinski definition) is 2. The summed E-state index contributed by atoms with van der Waals surface area (Å²) < 4.78 is 27.7. The van der Waals surface area contributed by atoms with Crippen LogP contribution in [-0.4, -0.2) is 66.2 Å². The Bertz CT molecular complexity index is 1550. The molecule has 0 radical (unpaired) electrons. The number of hydrogen-bond acceptors (Lipinski definition) is 9. The van der Waals surface area contributed by atoms with Gasteiger partial charge in [-0.05, 0) is 60.7 Å². The zero-order valence-corrected chi connectivity index (χ0v) is 23.3. The fraction of sp³-hybridized carbons (Fsp3) is 0.300. The molecule has 4 aromatic rings. The summed E-state index contributed by atoms with van der Waals surface area (Å²) in [5.74, 6) is 0.553. The maximum Gasteiger partial charge on any atom is 0.247 e. The van der Waals surface area contributed by atoms with Gasteiger partial charge in [-0.1, -0.05) is 12.6 Å². The number of amides is 1. The summed E-state index contributed by atoms with van der Waals surface area (Å²) in [4.78, 5) is 25.5. The molecule has 2 aromatic heterocycles. The number of aromatic nitrogens is 2. The van der Waals surface area contributed by atoms with Crippen molar-refractivity contribution in [3.63, 3.8) is 0 Å². The Morgan fingerprint density at radius 2 is 1.90 bits per heavy atom. The topological polar surface area (TPSA) is 91.8 Å². The van der Waals surface area contributed by atoms with E-state index in [9.17, 15) is 4.79 Å². The molecular formula is C30H31FN6O3S. The van der Waals surface area contributed by atoms with Crippen LogP contribution in [0.3, 0.4) is 0 Å². The average Bonchev–Trinajstić information content (AvgIpc) is 3.47. The Balaban J connectivity index is 1.15. The highest BCUT2D eigenvalue weighted by Gasteiger charge is 2.27. The summed E-state index contributed by atoms with van der Waals surface area (Å²) in [5, 5.41) is 7.76. The van der Waals surface area contributed by atoms with Crippen LogP contribution in [0.2, 0.25) is 0 Å². The Kier molecular flexibility index (Phi) is 8.08. The predicted molar refractivity (Wildman–Crippen MR) is 160 cm³/mol. The molecule has 2 fully saturated rings. The number of carbonyl (C=O) groups is 1. The number of piperidine rings is 1. The first-order chi connectivity index (χ1) is 20.1. The van der Waals surface area contributed by atoms with Crippen molar-refractivity contribution < 1.29 is 18.7 Å². The summed E-state index contributed by atoms with van der Waals surface area (Å²) in [6.07, 6.45) is 3.23. The SMILES string of the molecule is C=CC(=O)Nc1cccc(Oc2nc(Nc3ccc(N4CCC(N5CCOCC5)CC4)c(F)c3)nc3ccsc23)c1. The maximum atomic E-state index is 15.3. The van der Waals surface area contributed by atoms with E-state index in [1.54, 1.807) is 24.3 Å². The number of benzene rings is 2. The van der Waals surface area contributed by atoms with Gasteiger partial charge in [0.2, 0.25) is 17.7 Å². The van der Waals surface area contributed by atoms with E-state index in [-0.39, 0.29) is 11.7 Å². The van der Waals surface area contributed by atoms with Crippen LogP contribution in [-0.2, 0) is 9.53 Å². The first kappa shape index (κ1) is 27.1. The van der Waals surface area contributed by atoms with Crippen LogP contribution >= 0.6 is 11.3 Å². The van der Waals surface area contributed by atoms with Crippen molar-refractivity contribution in [1.82, 2.24) is 14.9 Å². The Morgan fingerprint density at radius 1 is 1.07 bits per heavy atom. The highest BCUT2D eigenvalue weighted by Crippen LogP contribution is 2.34. The van der Waals surface area contributed by atoms with E-state index in [4.69, 9.17) is 9.47 Å². The molecule has 11 heteroatoms. The number of halogens is 1. The van der Waals surface area contributed by atoms with Gasteiger partial charge < -0.3 is 25.0 Å². The third-order valence-corrected chi connectivity index (χ3v) is 8.24. The number of anilines is 4. The zero-order chi connectivity index (χ0) is 28.2. The highest BCUT2D eigenvalue weighted by molar-refractivity contribution is 7.17. The molecule has 41 heavy (non-hydrogen) atoms. The standard InChI is InChI=1S/C30H31FN6O3S/c1-2-27(38)32-20-4-3-5-23(18-20)40-29-28-25(10-17-41-28)34-30(35-29)33-21-6-7-26(24(31)19-21)37-11-8-22(9-12-37)36-13-15-39-16-14-36/h2-7,10,17-19,22H,1,8-9,11-16H2,(H,32,38)(H,33,34,35). The van der Waals surface area contributed by atoms with E-state index in [2.05, 4.69) is 37.0 Å². The van der Waals surface area contributed by atoms with Gasteiger partial charge in [0.05, 0.1) is 24.4 Å². The highest BCUT2D eigenvalue weighted by atomic mass is 32.1. The van der Waals surface area contributed by atoms with Gasteiger partial charge in [0.25, 0.3) is 0 Å². The van der Waals surface area contributed by atoms with E-state index in [0.29, 0.717) is 46.2 Å². The van der Waals surface area contributed by atoms with Crippen LogP contribution in [0, 0.1) is 5.82 Å². The first-order valence-corrected chi connectivity index (χ1v) is 14.5. The minimum Gasteiger partial charge on any atom is -0.437 e. The van der Waals surface area contributed by atoms with Crippen LogP contribution < -0.4 is 20.3 Å². The van der Waals surface area contributed by atoms with E-state index in [1.807, 2.05) is 23.6 Å². The summed E-state index contributed by atoms with van der Waals surface area (Å²) in [7, 11) is 0. The number of fused-ring (bicyclic) bond motifs is 1. The number of rotatable bonds is 8. The molecule has 0 unspecified atom stereocenters. The van der Waals surface area contributed by atoms with Crippen LogP contribution in [0.4, 0.5) is 27.4 Å². The minimum atomic E-state index is -0.313. The minimum absolute atomic E-state index is 0.286. The smallest absolute Gasteiger partial charge is 0.247 e. The number of nitrogens with one attached hydrogen (secondary N) is 2. The van der Waals surface area contributed by atoms with Crippen molar-refractivity contribution in [2.24, 2.45) is 0 Å². The van der Waals surface area contributed by atoms with Gasteiger partial charge in [-0.25, -0.2) is 9.37 Å². The summed E-state index contributed by atoms with van der Waals surface area (Å²) in [6.45, 7) is 8.66. The van der Waals surface area contributed by atoms with Crippen LogP contribution in [0.1, 0.15) is 12.8 Å². The third kappa shape index (κ3) is 6.32. The molecule has 212 valence electrons. The van der Waals surface area contributed by atoms with E-state index >= 15 is 4.39 Å². The van der Waals surface area contributed by atoms with Crippen molar-refractivity contribution in [2.75, 3.05) is 54.9 Å². The number of morpholine rings is 1. The lowest BCUT2D eigenvalue weighted by molar-refractivity contribution is -0.111. The molecule has 0 bridgehead atoms. The monoisotopic (exact) mass is 574 g/mol. The van der Waals surface area contributed by atoms with Gasteiger partial charge in [-0.3, -0.25) is 9.69 Å². The quantitative estimate of drug-likeness (QED) is 0.256. The molecule has 4 heterocycles. The lowest BCUT2D eigenvalue weighted by Crippen LogP contribution is -2.49.